The maximum Gasteiger partial charge on any atom is 0.435 e. The summed E-state index contributed by atoms with van der Waals surface area (Å²) in [5.41, 5.74) is -1.82. The van der Waals surface area contributed by atoms with E-state index in [1.165, 1.54) is 36.9 Å². The maximum absolute atomic E-state index is 14.7. The van der Waals surface area contributed by atoms with E-state index in [0.29, 0.717) is 19.8 Å². The van der Waals surface area contributed by atoms with Gasteiger partial charge in [-0.2, -0.15) is 18.3 Å². The number of halogens is 6. The Bertz CT molecular complexity index is 1280. The van der Waals surface area contributed by atoms with E-state index in [2.05, 4.69) is 20.5 Å². The van der Waals surface area contributed by atoms with Crippen molar-refractivity contribution in [3.05, 3.63) is 52.6 Å². The summed E-state index contributed by atoms with van der Waals surface area (Å²) in [4.78, 5) is 5.44. The van der Waals surface area contributed by atoms with Crippen molar-refractivity contribution in [2.75, 3.05) is 37.0 Å². The van der Waals surface area contributed by atoms with Crippen LogP contribution in [0, 0.1) is 24.6 Å². The van der Waals surface area contributed by atoms with Crippen molar-refractivity contribution in [3.8, 4) is 0 Å². The molecule has 3 heterocycles. The van der Waals surface area contributed by atoms with Crippen LogP contribution in [0.15, 0.2) is 24.3 Å². The number of hydrogen-bond donors (Lipinski definition) is 1. The summed E-state index contributed by atoms with van der Waals surface area (Å²) in [5, 5.41) is 11.2. The van der Waals surface area contributed by atoms with E-state index in [1.54, 1.807) is 7.05 Å². The van der Waals surface area contributed by atoms with Gasteiger partial charge in [-0.15, -0.1) is 5.10 Å². The van der Waals surface area contributed by atoms with Crippen LogP contribution in [0.3, 0.4) is 0 Å². The fraction of sp³-hybridized carbons (Fsp3) is 0.480. The highest BCUT2D eigenvalue weighted by Gasteiger charge is 2.38. The van der Waals surface area contributed by atoms with Crippen LogP contribution in [-0.2, 0) is 10.9 Å². The molecule has 0 saturated carbocycles. The Hall–Kier alpha value is -3.15. The van der Waals surface area contributed by atoms with E-state index in [1.807, 2.05) is 6.92 Å². The number of pyridine rings is 1. The van der Waals surface area contributed by atoms with Crippen LogP contribution >= 0.6 is 0 Å². The van der Waals surface area contributed by atoms with Crippen molar-refractivity contribution >= 4 is 22.4 Å². The number of anilines is 2. The molecule has 1 aliphatic rings. The molecule has 2 aromatic heterocycles. The van der Waals surface area contributed by atoms with E-state index in [9.17, 15) is 26.3 Å². The highest BCUT2D eigenvalue weighted by atomic mass is 19.4. The van der Waals surface area contributed by atoms with Crippen LogP contribution in [0.1, 0.15) is 48.8 Å². The third kappa shape index (κ3) is 5.43. The van der Waals surface area contributed by atoms with Gasteiger partial charge in [0.15, 0.2) is 11.5 Å². The zero-order valence-corrected chi connectivity index (χ0v) is 20.7. The van der Waals surface area contributed by atoms with Gasteiger partial charge in [-0.1, -0.05) is 25.1 Å². The molecule has 1 aliphatic heterocycles. The number of rotatable bonds is 7. The summed E-state index contributed by atoms with van der Waals surface area (Å²) in [6.45, 7) is 6.32. The average Bonchev–Trinajstić information content (AvgIpc) is 3.23. The number of alkyl halides is 5. The summed E-state index contributed by atoms with van der Waals surface area (Å²) >= 11 is 0. The van der Waals surface area contributed by atoms with Crippen molar-refractivity contribution in [2.45, 2.75) is 39.4 Å². The first kappa shape index (κ1) is 26.9. The van der Waals surface area contributed by atoms with E-state index >= 15 is 0 Å². The van der Waals surface area contributed by atoms with Crippen molar-refractivity contribution in [1.82, 2.24) is 15.2 Å². The molecule has 0 aliphatic carbocycles. The summed E-state index contributed by atoms with van der Waals surface area (Å²) < 4.78 is 88.7. The number of aryl methyl sites for hydroxylation is 1. The first-order valence-electron chi connectivity index (χ1n) is 11.8. The molecule has 0 spiro atoms. The minimum atomic E-state index is -4.73. The van der Waals surface area contributed by atoms with Gasteiger partial charge in [0, 0.05) is 37.1 Å². The molecule has 12 heteroatoms. The number of nitrogens with zero attached hydrogens (tertiary/aromatic N) is 4. The molecule has 3 aromatic rings. The van der Waals surface area contributed by atoms with Gasteiger partial charge in [-0.3, -0.25) is 0 Å². The lowest BCUT2D eigenvalue weighted by Crippen LogP contribution is -2.30. The number of hydrogen-bond acceptors (Lipinski definition) is 6. The molecule has 0 amide bonds. The monoisotopic (exact) mass is 527 g/mol. The number of aromatic nitrogens is 3. The molecule has 3 atom stereocenters. The number of fused-ring (bicyclic) bond motifs is 1. The van der Waals surface area contributed by atoms with Gasteiger partial charge in [-0.05, 0) is 25.8 Å². The van der Waals surface area contributed by atoms with Gasteiger partial charge in [0.1, 0.15) is 5.82 Å². The van der Waals surface area contributed by atoms with Gasteiger partial charge in [-0.25, -0.2) is 18.2 Å². The Morgan fingerprint density at radius 1 is 1.16 bits per heavy atom. The van der Waals surface area contributed by atoms with Crippen LogP contribution in [0.2, 0.25) is 0 Å². The van der Waals surface area contributed by atoms with E-state index < -0.39 is 35.7 Å². The molecule has 0 bridgehead atoms. The third-order valence-electron chi connectivity index (χ3n) is 6.72. The zero-order valence-electron chi connectivity index (χ0n) is 20.7. The summed E-state index contributed by atoms with van der Waals surface area (Å²) in [7, 11) is 1.56. The molecule has 0 radical (unpaired) electrons. The second kappa shape index (κ2) is 10.3. The lowest BCUT2D eigenvalue weighted by molar-refractivity contribution is -0.140. The van der Waals surface area contributed by atoms with Gasteiger partial charge < -0.3 is 15.0 Å². The summed E-state index contributed by atoms with van der Waals surface area (Å²) in [5.74, 6) is -0.770. The Kier molecular flexibility index (Phi) is 7.50. The van der Waals surface area contributed by atoms with Crippen molar-refractivity contribution in [1.29, 1.82) is 0 Å². The van der Waals surface area contributed by atoms with Crippen LogP contribution in [0.25, 0.3) is 10.9 Å². The smallest absolute Gasteiger partial charge is 0.381 e. The minimum absolute atomic E-state index is 0.0199. The molecular formula is C25H27F6N5O. The van der Waals surface area contributed by atoms with Gasteiger partial charge in [0.2, 0.25) is 0 Å². The normalized spacial score (nSPS) is 19.0. The number of nitrogens with one attached hydrogen (secondary N) is 1. The second-order valence-corrected chi connectivity index (χ2v) is 9.46. The third-order valence-corrected chi connectivity index (χ3v) is 6.72. The highest BCUT2D eigenvalue weighted by molar-refractivity contribution is 5.93. The number of benzene rings is 1. The van der Waals surface area contributed by atoms with Crippen LogP contribution < -0.4 is 10.2 Å². The summed E-state index contributed by atoms with van der Waals surface area (Å²) in [6, 6.07) is 4.16. The Morgan fingerprint density at radius 3 is 2.49 bits per heavy atom. The molecule has 0 unspecified atom stereocenters. The predicted molar refractivity (Wildman–Crippen MR) is 127 cm³/mol. The minimum Gasteiger partial charge on any atom is -0.381 e. The topological polar surface area (TPSA) is 63.2 Å². The first-order valence-corrected chi connectivity index (χ1v) is 11.8. The highest BCUT2D eigenvalue weighted by Crippen LogP contribution is 2.39. The molecule has 200 valence electrons. The van der Waals surface area contributed by atoms with E-state index in [0.717, 1.165) is 6.07 Å². The fourth-order valence-corrected chi connectivity index (χ4v) is 4.53. The van der Waals surface area contributed by atoms with Gasteiger partial charge in [0.25, 0.3) is 6.43 Å². The Morgan fingerprint density at radius 2 is 1.86 bits per heavy atom. The van der Waals surface area contributed by atoms with Crippen LogP contribution in [0.4, 0.5) is 37.8 Å². The lowest BCUT2D eigenvalue weighted by atomic mass is 9.97. The average molecular weight is 528 g/mol. The largest absolute Gasteiger partial charge is 0.435 e. The Labute approximate surface area is 210 Å². The molecule has 1 aromatic carbocycles. The molecule has 1 saturated heterocycles. The second-order valence-electron chi connectivity index (χ2n) is 9.46. The standard InChI is InChI=1S/C25H27F6N5O/c1-12-10-37-11-15(12)9-36(4)19-8-18-21(33-22(19)25(29,30)31)14(3)34-35-24(18)32-13(2)16-6-5-7-17(20(16)26)23(27)28/h5-8,12-13,15,23H,9-11H2,1-4H3,(H,32,35)/t12-,13+,15+/m0/s1. The van der Waals surface area contributed by atoms with Crippen molar-refractivity contribution in [2.24, 2.45) is 11.8 Å². The van der Waals surface area contributed by atoms with E-state index in [4.69, 9.17) is 4.74 Å². The molecule has 1 N–H and O–H groups in total. The van der Waals surface area contributed by atoms with Crippen molar-refractivity contribution in [3.63, 3.8) is 0 Å². The molecule has 6 nitrogen and oxygen atoms in total. The Balaban J connectivity index is 1.78. The molecule has 37 heavy (non-hydrogen) atoms. The van der Waals surface area contributed by atoms with Gasteiger partial charge in [0.05, 0.1) is 35.1 Å². The molecule has 4 rings (SSSR count). The SMILES string of the molecule is Cc1nnc(N[C@H](C)c2cccc(C(F)F)c2F)c2cc(N(C)C[C@@H]3COC[C@@H]3C)c(C(F)(F)F)nc12. The zero-order chi connectivity index (χ0) is 27.1. The lowest BCUT2D eigenvalue weighted by Gasteiger charge is -2.27. The molecule has 1 fully saturated rings. The number of ether oxygens (including phenoxy) is 1. The summed E-state index contributed by atoms with van der Waals surface area (Å²) in [6.07, 6.45) is -7.73. The quantitative estimate of drug-likeness (QED) is 0.363. The first-order chi connectivity index (χ1) is 17.4. The van der Waals surface area contributed by atoms with Crippen LogP contribution in [0.5, 0.6) is 0 Å². The molecular weight excluding hydrogens is 500 g/mol. The predicted octanol–water partition coefficient (Wildman–Crippen LogP) is 6.32. The van der Waals surface area contributed by atoms with Crippen molar-refractivity contribution < 1.29 is 31.1 Å². The fourth-order valence-electron chi connectivity index (χ4n) is 4.53. The maximum atomic E-state index is 14.7. The van der Waals surface area contributed by atoms with Gasteiger partial charge >= 0.3 is 6.18 Å². The van der Waals surface area contributed by atoms with E-state index in [-0.39, 0.29) is 45.5 Å². The van der Waals surface area contributed by atoms with Crippen LogP contribution in [-0.4, -0.2) is 42.0 Å².